The van der Waals surface area contributed by atoms with Crippen LogP contribution in [0.25, 0.3) is 0 Å². The van der Waals surface area contributed by atoms with Crippen LogP contribution >= 0.6 is 23.5 Å². The smallest absolute Gasteiger partial charge is 0.390 e. The zero-order valence-electron chi connectivity index (χ0n) is 19.6. The number of phosphoric ester groups is 1. The number of phosphoric acid groups is 3. The summed E-state index contributed by atoms with van der Waals surface area (Å²) in [5.41, 5.74) is -1.11. The van der Waals surface area contributed by atoms with E-state index in [1.807, 2.05) is 4.98 Å². The van der Waals surface area contributed by atoms with Gasteiger partial charge in [-0.2, -0.15) is 8.62 Å². The Morgan fingerprint density at radius 1 is 1.18 bits per heavy atom. The molecule has 0 radical (unpaired) electrons. The van der Waals surface area contributed by atoms with Gasteiger partial charge in [-0.1, -0.05) is 0 Å². The van der Waals surface area contributed by atoms with Gasteiger partial charge in [-0.25, -0.2) is 23.5 Å². The third kappa shape index (κ3) is 9.68. The highest BCUT2D eigenvalue weighted by atomic mass is 31.3. The lowest BCUT2D eigenvalue weighted by Crippen LogP contribution is -2.36. The Hall–Kier alpha value is -2.31. The van der Waals surface area contributed by atoms with Gasteiger partial charge in [0.05, 0.1) is 25.5 Å². The van der Waals surface area contributed by atoms with E-state index in [1.54, 1.807) is 6.20 Å². The van der Waals surface area contributed by atoms with Gasteiger partial charge in [0.25, 0.3) is 5.56 Å². The first kappa shape index (κ1) is 31.2. The Labute approximate surface area is 217 Å². The highest BCUT2D eigenvalue weighted by molar-refractivity contribution is 7.66. The van der Waals surface area contributed by atoms with E-state index in [4.69, 9.17) is 14.5 Å². The summed E-state index contributed by atoms with van der Waals surface area (Å²) in [6, 6.07) is 0. The molecule has 2 unspecified atom stereocenters. The van der Waals surface area contributed by atoms with Crippen LogP contribution in [0, 0.1) is 0 Å². The van der Waals surface area contributed by atoms with Crippen molar-refractivity contribution in [3.8, 4) is 0 Å². The molecule has 20 nitrogen and oxygen atoms in total. The van der Waals surface area contributed by atoms with E-state index < -0.39 is 72.1 Å². The van der Waals surface area contributed by atoms with Crippen LogP contribution in [-0.4, -0.2) is 75.5 Å². The Bertz CT molecular complexity index is 1420. The van der Waals surface area contributed by atoms with E-state index >= 15 is 0 Å². The molecule has 0 aromatic carbocycles. The Morgan fingerprint density at radius 2 is 1.90 bits per heavy atom. The minimum absolute atomic E-state index is 0.108. The molecule has 5 atom stereocenters. The Balaban J connectivity index is 1.60. The van der Waals surface area contributed by atoms with E-state index in [2.05, 4.69) is 28.4 Å². The Morgan fingerprint density at radius 3 is 2.54 bits per heavy atom. The second-order valence-corrected chi connectivity index (χ2v) is 12.4. The zero-order valence-corrected chi connectivity index (χ0v) is 22.2. The number of imidazole rings is 1. The van der Waals surface area contributed by atoms with Gasteiger partial charge in [-0.15, -0.1) is 0 Å². The summed E-state index contributed by atoms with van der Waals surface area (Å²) in [5, 5.41) is 12.8. The number of carbonyl (C=O) groups is 1. The first-order valence-corrected chi connectivity index (χ1v) is 15.3. The topological polar surface area (TPSA) is 302 Å². The first-order chi connectivity index (χ1) is 18.0. The van der Waals surface area contributed by atoms with Crippen molar-refractivity contribution in [1.29, 1.82) is 0 Å². The van der Waals surface area contributed by atoms with Crippen LogP contribution in [0.5, 0.6) is 0 Å². The molecule has 39 heavy (non-hydrogen) atoms. The number of ether oxygens (including phenoxy) is 1. The van der Waals surface area contributed by atoms with Gasteiger partial charge in [0, 0.05) is 43.0 Å². The van der Waals surface area contributed by atoms with Crippen molar-refractivity contribution in [2.75, 3.05) is 13.2 Å². The number of nitrogens with one attached hydrogen (secondary N) is 3. The van der Waals surface area contributed by atoms with Crippen molar-refractivity contribution in [2.24, 2.45) is 0 Å². The van der Waals surface area contributed by atoms with Crippen molar-refractivity contribution >= 4 is 29.4 Å². The van der Waals surface area contributed by atoms with Gasteiger partial charge in [0.15, 0.2) is 0 Å². The molecular weight excluding hydrogens is 595 g/mol. The second kappa shape index (κ2) is 12.5. The number of aromatic nitrogens is 4. The minimum atomic E-state index is -5.74. The average molecular weight is 619 g/mol. The molecule has 0 aliphatic carbocycles. The summed E-state index contributed by atoms with van der Waals surface area (Å²) in [6.07, 6.45) is -0.179. The van der Waals surface area contributed by atoms with Gasteiger partial charge >= 0.3 is 29.2 Å². The number of H-pyrrole nitrogens is 2. The van der Waals surface area contributed by atoms with E-state index in [-0.39, 0.29) is 18.5 Å². The van der Waals surface area contributed by atoms with Crippen LogP contribution in [0.4, 0.5) is 0 Å². The number of amides is 1. The van der Waals surface area contributed by atoms with Crippen LogP contribution in [0.15, 0.2) is 28.3 Å². The molecule has 0 bridgehead atoms. The largest absolute Gasteiger partial charge is 0.490 e. The summed E-state index contributed by atoms with van der Waals surface area (Å²) in [7, 11) is -16.8. The third-order valence-electron chi connectivity index (χ3n) is 5.00. The van der Waals surface area contributed by atoms with Crippen LogP contribution in [0.3, 0.4) is 0 Å². The average Bonchev–Trinajstić information content (AvgIpc) is 3.41. The van der Waals surface area contributed by atoms with E-state index in [1.165, 1.54) is 6.33 Å². The first-order valence-electron chi connectivity index (χ1n) is 10.7. The number of hydrogen-bond donors (Lipinski definition) is 8. The monoisotopic (exact) mass is 619 g/mol. The summed E-state index contributed by atoms with van der Waals surface area (Å²) in [6.45, 7) is -0.709. The Kier molecular flexibility index (Phi) is 9.98. The second-order valence-electron chi connectivity index (χ2n) is 7.99. The molecule has 1 amide bonds. The lowest BCUT2D eigenvalue weighted by Gasteiger charge is -2.19. The standard InChI is InChI=1S/C16H24N5O15P3/c22-11-4-14(34-12(11)7-33-38(29,30)36-39(31,32)35-37(26,27)28)21-6-9(15(24)20-16(21)25)3-13(23)18-2-1-10-5-17-8-19-10/h5-6,8,11-12,14,22H,1-4,7H2,(H,17,19)(H,18,23)(H,29,30)(H,31,32)(H,20,24,25)(H2,26,27,28)/t11-,12+,14+/m0/s1. The van der Waals surface area contributed by atoms with Crippen LogP contribution < -0.4 is 16.6 Å². The lowest BCUT2D eigenvalue weighted by atomic mass is 10.2. The van der Waals surface area contributed by atoms with Crippen molar-refractivity contribution in [3.63, 3.8) is 0 Å². The van der Waals surface area contributed by atoms with Crippen LogP contribution in [0.1, 0.15) is 23.9 Å². The quantitative estimate of drug-likeness (QED) is 0.114. The maximum absolute atomic E-state index is 12.3. The molecule has 3 heterocycles. The van der Waals surface area contributed by atoms with Crippen molar-refractivity contribution in [1.82, 2.24) is 24.8 Å². The van der Waals surface area contributed by atoms with E-state index in [0.717, 1.165) is 16.5 Å². The number of aliphatic hydroxyl groups is 1. The highest BCUT2D eigenvalue weighted by Crippen LogP contribution is 2.66. The molecule has 2 aromatic heterocycles. The van der Waals surface area contributed by atoms with Gasteiger partial charge in [-0.05, 0) is 0 Å². The number of aliphatic hydroxyl groups excluding tert-OH is 1. The SMILES string of the molecule is O=C(Cc1cn([C@H]2C[C@H](O)[C@@H](COP(=O)(O)OP(=O)(O)OP(=O)(O)O)O2)c(=O)[nH]c1=O)NCCc1cnc[nH]1. The fourth-order valence-electron chi connectivity index (χ4n) is 3.37. The van der Waals surface area contributed by atoms with Crippen molar-refractivity contribution in [3.05, 3.63) is 50.8 Å². The normalized spacial score (nSPS) is 22.7. The predicted molar refractivity (Wildman–Crippen MR) is 125 cm³/mol. The zero-order chi connectivity index (χ0) is 29.0. The maximum atomic E-state index is 12.3. The third-order valence-corrected chi connectivity index (χ3v) is 8.80. The number of nitrogens with zero attached hydrogens (tertiary/aromatic N) is 2. The predicted octanol–water partition coefficient (Wildman–Crippen LogP) is -1.85. The molecule has 1 fully saturated rings. The fraction of sp³-hybridized carbons (Fsp3) is 0.500. The summed E-state index contributed by atoms with van der Waals surface area (Å²) in [5.74, 6) is -0.522. The van der Waals surface area contributed by atoms with Gasteiger partial charge in [-0.3, -0.25) is 23.7 Å². The molecule has 2 aromatic rings. The molecule has 1 aliphatic rings. The maximum Gasteiger partial charge on any atom is 0.490 e. The van der Waals surface area contributed by atoms with Crippen molar-refractivity contribution < 1.29 is 61.1 Å². The van der Waals surface area contributed by atoms with Crippen molar-refractivity contribution in [2.45, 2.75) is 37.7 Å². The number of carbonyl (C=O) groups excluding carboxylic acids is 1. The fourth-order valence-corrected chi connectivity index (χ4v) is 6.40. The molecular formula is C16H24N5O15P3. The van der Waals surface area contributed by atoms with Gasteiger partial charge < -0.3 is 39.7 Å². The molecule has 0 saturated carbocycles. The molecule has 218 valence electrons. The number of rotatable bonds is 13. The number of hydrogen-bond acceptors (Lipinski definition) is 12. The summed E-state index contributed by atoms with van der Waals surface area (Å²) in [4.78, 5) is 81.3. The molecule has 8 N–H and O–H groups in total. The molecule has 1 saturated heterocycles. The summed E-state index contributed by atoms with van der Waals surface area (Å²) >= 11 is 0. The van der Waals surface area contributed by atoms with Gasteiger partial charge in [0.1, 0.15) is 12.3 Å². The molecule has 0 spiro atoms. The molecule has 23 heteroatoms. The molecule has 1 aliphatic heterocycles. The van der Waals surface area contributed by atoms with Gasteiger partial charge in [0.2, 0.25) is 5.91 Å². The minimum Gasteiger partial charge on any atom is -0.390 e. The number of aromatic amines is 2. The highest BCUT2D eigenvalue weighted by Gasteiger charge is 2.43. The van der Waals surface area contributed by atoms with E-state index in [0.29, 0.717) is 6.42 Å². The van der Waals surface area contributed by atoms with Crippen LogP contribution in [-0.2, 0) is 49.2 Å². The lowest BCUT2D eigenvalue weighted by molar-refractivity contribution is -0.120. The molecule has 3 rings (SSSR count). The summed E-state index contributed by atoms with van der Waals surface area (Å²) < 4.78 is 51.9. The van der Waals surface area contributed by atoms with Crippen LogP contribution in [0.2, 0.25) is 0 Å². The van der Waals surface area contributed by atoms with E-state index in [9.17, 15) is 43.0 Å².